The molecule has 1 aromatic carbocycles. The zero-order chi connectivity index (χ0) is 13.8. The van der Waals surface area contributed by atoms with Crippen LogP contribution in [0.3, 0.4) is 0 Å². The summed E-state index contributed by atoms with van der Waals surface area (Å²) >= 11 is 9.40. The third kappa shape index (κ3) is 3.01. The number of nitrogens with zero attached hydrogens (tertiary/aromatic N) is 2. The highest BCUT2D eigenvalue weighted by Gasteiger charge is 2.14. The van der Waals surface area contributed by atoms with Crippen molar-refractivity contribution in [1.29, 1.82) is 0 Å². The van der Waals surface area contributed by atoms with Gasteiger partial charge in [-0.2, -0.15) is 0 Å². The van der Waals surface area contributed by atoms with Gasteiger partial charge in [0.1, 0.15) is 11.6 Å². The van der Waals surface area contributed by atoms with Crippen LogP contribution in [0.1, 0.15) is 5.56 Å². The fourth-order valence-corrected chi connectivity index (χ4v) is 2.47. The normalized spacial score (nSPS) is 10.3. The third-order valence-electron chi connectivity index (χ3n) is 2.82. The van der Waals surface area contributed by atoms with Crippen molar-refractivity contribution in [3.63, 3.8) is 0 Å². The van der Waals surface area contributed by atoms with Crippen LogP contribution in [0.4, 0.5) is 11.5 Å². The lowest BCUT2D eigenvalue weighted by molar-refractivity contribution is 0.415. The van der Waals surface area contributed by atoms with Crippen LogP contribution in [0.25, 0.3) is 0 Å². The second-order valence-corrected chi connectivity index (χ2v) is 5.18. The lowest BCUT2D eigenvalue weighted by Crippen LogP contribution is -2.14. The van der Waals surface area contributed by atoms with Gasteiger partial charge in [-0.05, 0) is 34.1 Å². The number of hydrogen-bond acceptors (Lipinski definition) is 3. The minimum atomic E-state index is 0.404. The van der Waals surface area contributed by atoms with Crippen molar-refractivity contribution < 1.29 is 4.74 Å². The molecule has 0 aliphatic heterocycles. The summed E-state index contributed by atoms with van der Waals surface area (Å²) in [5.74, 6) is 2.03. The van der Waals surface area contributed by atoms with Crippen LogP contribution >= 0.6 is 27.5 Å². The number of ether oxygens (including phenoxy) is 1. The summed E-state index contributed by atoms with van der Waals surface area (Å²) in [7, 11) is 3.61. The summed E-state index contributed by atoms with van der Waals surface area (Å²) < 4.78 is 6.29. The van der Waals surface area contributed by atoms with Crippen molar-refractivity contribution in [1.82, 2.24) is 4.98 Å². The zero-order valence-electron chi connectivity index (χ0n) is 10.7. The molecule has 1 heterocycles. The molecule has 2 rings (SSSR count). The number of methoxy groups -OCH3 is 1. The summed E-state index contributed by atoms with van der Waals surface area (Å²) in [6.45, 7) is 0. The Morgan fingerprint density at radius 2 is 2.11 bits per heavy atom. The number of hydrogen-bond donors (Lipinski definition) is 0. The summed E-state index contributed by atoms with van der Waals surface area (Å²) in [4.78, 5) is 6.42. The Bertz CT molecular complexity index is 577. The first-order valence-corrected chi connectivity index (χ1v) is 7.07. The molecule has 100 valence electrons. The maximum absolute atomic E-state index is 5.99. The highest BCUT2D eigenvalue weighted by atomic mass is 79.9. The first-order chi connectivity index (χ1) is 9.17. The van der Waals surface area contributed by atoms with Crippen molar-refractivity contribution in [2.75, 3.05) is 19.1 Å². The fraction of sp³-hybridized carbons (Fsp3) is 0.214. The van der Waals surface area contributed by atoms with Crippen molar-refractivity contribution in [3.8, 4) is 5.75 Å². The van der Waals surface area contributed by atoms with Gasteiger partial charge in [-0.15, -0.1) is 11.6 Å². The van der Waals surface area contributed by atoms with E-state index < -0.39 is 0 Å². The Hall–Kier alpha value is -1.26. The van der Waals surface area contributed by atoms with Crippen LogP contribution < -0.4 is 9.64 Å². The summed E-state index contributed by atoms with van der Waals surface area (Å²) in [5.41, 5.74) is 1.91. The SMILES string of the molecule is COc1ccccc1N(C)c1ncc(Br)cc1CCl. The third-order valence-corrected chi connectivity index (χ3v) is 3.54. The molecule has 0 bridgehead atoms. The van der Waals surface area contributed by atoms with Crippen LogP contribution in [0.2, 0.25) is 0 Å². The predicted octanol–water partition coefficient (Wildman–Crippen LogP) is 4.36. The summed E-state index contributed by atoms with van der Waals surface area (Å²) in [6.07, 6.45) is 1.76. The molecular weight excluding hydrogens is 328 g/mol. The molecule has 0 radical (unpaired) electrons. The van der Waals surface area contributed by atoms with Gasteiger partial charge >= 0.3 is 0 Å². The van der Waals surface area contributed by atoms with Gasteiger partial charge in [0.05, 0.1) is 18.7 Å². The van der Waals surface area contributed by atoms with E-state index in [4.69, 9.17) is 16.3 Å². The molecule has 3 nitrogen and oxygen atoms in total. The molecule has 1 aromatic heterocycles. The van der Waals surface area contributed by atoms with E-state index in [9.17, 15) is 0 Å². The highest BCUT2D eigenvalue weighted by molar-refractivity contribution is 9.10. The number of aromatic nitrogens is 1. The van der Waals surface area contributed by atoms with Gasteiger partial charge in [-0.3, -0.25) is 0 Å². The Morgan fingerprint density at radius 1 is 1.37 bits per heavy atom. The van der Waals surface area contributed by atoms with Gasteiger partial charge in [0.15, 0.2) is 0 Å². The van der Waals surface area contributed by atoms with Gasteiger partial charge in [-0.1, -0.05) is 12.1 Å². The standard InChI is InChI=1S/C14H14BrClN2O/c1-18(12-5-3-4-6-13(12)19-2)14-10(8-16)7-11(15)9-17-14/h3-7,9H,8H2,1-2H3. The average molecular weight is 342 g/mol. The first kappa shape index (κ1) is 14.2. The van der Waals surface area contributed by atoms with Gasteiger partial charge < -0.3 is 9.64 Å². The van der Waals surface area contributed by atoms with E-state index in [1.54, 1.807) is 13.3 Å². The smallest absolute Gasteiger partial charge is 0.142 e. The van der Waals surface area contributed by atoms with E-state index in [1.165, 1.54) is 0 Å². The number of rotatable bonds is 4. The van der Waals surface area contributed by atoms with E-state index in [0.29, 0.717) is 5.88 Å². The van der Waals surface area contributed by atoms with Gasteiger partial charge in [0.2, 0.25) is 0 Å². The van der Waals surface area contributed by atoms with E-state index in [1.807, 2.05) is 42.3 Å². The molecule has 0 fully saturated rings. The van der Waals surface area contributed by atoms with Crippen LogP contribution in [0.15, 0.2) is 41.0 Å². The fourth-order valence-electron chi connectivity index (χ4n) is 1.90. The minimum absolute atomic E-state index is 0.404. The van der Waals surface area contributed by atoms with Crippen molar-refractivity contribution in [2.24, 2.45) is 0 Å². The molecule has 0 aliphatic rings. The number of anilines is 2. The molecule has 0 atom stereocenters. The van der Waals surface area contributed by atoms with Gasteiger partial charge in [-0.25, -0.2) is 4.98 Å². The molecule has 0 spiro atoms. The van der Waals surface area contributed by atoms with Crippen molar-refractivity contribution >= 4 is 39.0 Å². The number of halogens is 2. The molecular formula is C14H14BrClN2O. The quantitative estimate of drug-likeness (QED) is 0.773. The largest absolute Gasteiger partial charge is 0.495 e. The van der Waals surface area contributed by atoms with Crippen LogP contribution in [-0.2, 0) is 5.88 Å². The van der Waals surface area contributed by atoms with Gasteiger partial charge in [0.25, 0.3) is 0 Å². The molecule has 5 heteroatoms. The van der Waals surface area contributed by atoms with Crippen molar-refractivity contribution in [2.45, 2.75) is 5.88 Å². The van der Waals surface area contributed by atoms with E-state index in [2.05, 4.69) is 20.9 Å². The molecule has 19 heavy (non-hydrogen) atoms. The minimum Gasteiger partial charge on any atom is -0.495 e. The number of benzene rings is 1. The number of pyridine rings is 1. The summed E-state index contributed by atoms with van der Waals surface area (Å²) in [5, 5.41) is 0. The molecule has 2 aromatic rings. The van der Waals surface area contributed by atoms with E-state index in [0.717, 1.165) is 27.3 Å². The summed E-state index contributed by atoms with van der Waals surface area (Å²) in [6, 6.07) is 9.79. The Balaban J connectivity index is 2.46. The maximum Gasteiger partial charge on any atom is 0.142 e. The second-order valence-electron chi connectivity index (χ2n) is 4.00. The Kier molecular flexibility index (Phi) is 4.66. The molecule has 0 unspecified atom stereocenters. The molecule has 0 N–H and O–H groups in total. The maximum atomic E-state index is 5.99. The predicted molar refractivity (Wildman–Crippen MR) is 82.6 cm³/mol. The van der Waals surface area contributed by atoms with Crippen LogP contribution in [0.5, 0.6) is 5.75 Å². The average Bonchev–Trinajstić information content (AvgIpc) is 2.46. The molecule has 0 saturated carbocycles. The topological polar surface area (TPSA) is 25.4 Å². The first-order valence-electron chi connectivity index (χ1n) is 5.74. The second kappa shape index (κ2) is 6.26. The Morgan fingerprint density at radius 3 is 2.79 bits per heavy atom. The Labute approximate surface area is 126 Å². The lowest BCUT2D eigenvalue weighted by atomic mass is 10.2. The lowest BCUT2D eigenvalue weighted by Gasteiger charge is -2.22. The zero-order valence-corrected chi connectivity index (χ0v) is 13.1. The highest BCUT2D eigenvalue weighted by Crippen LogP contribution is 2.33. The molecule has 0 saturated heterocycles. The van der Waals surface area contributed by atoms with Gasteiger partial charge in [0, 0.05) is 23.3 Å². The monoisotopic (exact) mass is 340 g/mol. The van der Waals surface area contributed by atoms with Crippen LogP contribution in [-0.4, -0.2) is 19.1 Å². The molecule has 0 aliphatic carbocycles. The van der Waals surface area contributed by atoms with Crippen molar-refractivity contribution in [3.05, 3.63) is 46.6 Å². The van der Waals surface area contributed by atoms with E-state index >= 15 is 0 Å². The number of alkyl halides is 1. The van der Waals surface area contributed by atoms with E-state index in [-0.39, 0.29) is 0 Å². The van der Waals surface area contributed by atoms with Crippen LogP contribution in [0, 0.1) is 0 Å². The number of para-hydroxylation sites is 2. The molecule has 0 amide bonds.